The summed E-state index contributed by atoms with van der Waals surface area (Å²) in [5.41, 5.74) is 1.84. The van der Waals surface area contributed by atoms with Crippen LogP contribution in [0.15, 0.2) is 10.7 Å². The molecule has 0 saturated carbocycles. The zero-order chi connectivity index (χ0) is 12.6. The summed E-state index contributed by atoms with van der Waals surface area (Å²) in [5.74, 6) is 0. The molecule has 0 bridgehead atoms. The predicted molar refractivity (Wildman–Crippen MR) is 68.7 cm³/mol. The van der Waals surface area contributed by atoms with Crippen molar-refractivity contribution in [2.45, 2.75) is 13.0 Å². The molecule has 7 heteroatoms. The Morgan fingerprint density at radius 1 is 1.71 bits per heavy atom. The molecule has 5 nitrogen and oxygen atoms in total. The Kier molecular flexibility index (Phi) is 3.44. The molecule has 0 radical (unpaired) electrons. The summed E-state index contributed by atoms with van der Waals surface area (Å²) in [4.78, 5) is 16.1. The zero-order valence-corrected chi connectivity index (χ0v) is 11.4. The van der Waals surface area contributed by atoms with Gasteiger partial charge in [0, 0.05) is 13.1 Å². The molecule has 0 unspecified atom stereocenters. The highest BCUT2D eigenvalue weighted by Crippen LogP contribution is 2.28. The molecule has 0 aliphatic carbocycles. The maximum absolute atomic E-state index is 10.6. The topological polar surface area (TPSA) is 65.5 Å². The van der Waals surface area contributed by atoms with Crippen molar-refractivity contribution >= 4 is 39.3 Å². The molecule has 1 aromatic heterocycles. The van der Waals surface area contributed by atoms with Gasteiger partial charge in [-0.15, -0.1) is 0 Å². The smallest absolute Gasteiger partial charge is 0.407 e. The number of hydrogen-bond acceptors (Lipinski definition) is 3. The fourth-order valence-electron chi connectivity index (χ4n) is 1.70. The Bertz CT molecular complexity index is 440. The highest BCUT2D eigenvalue weighted by molar-refractivity contribution is 9.10. The first kappa shape index (κ1) is 12.4. The Morgan fingerprint density at radius 3 is 2.88 bits per heavy atom. The lowest BCUT2D eigenvalue weighted by Crippen LogP contribution is -2.56. The average molecular weight is 321 g/mol. The van der Waals surface area contributed by atoms with E-state index in [1.54, 1.807) is 6.07 Å². The third-order valence-electron chi connectivity index (χ3n) is 2.64. The number of likely N-dealkylation sites (tertiary alicyclic amines) is 1. The van der Waals surface area contributed by atoms with Crippen LogP contribution < -0.4 is 5.32 Å². The van der Waals surface area contributed by atoms with Crippen molar-refractivity contribution < 1.29 is 9.90 Å². The van der Waals surface area contributed by atoms with E-state index in [9.17, 15) is 4.79 Å². The van der Waals surface area contributed by atoms with Crippen LogP contribution in [-0.2, 0) is 0 Å². The third-order valence-corrected chi connectivity index (χ3v) is 3.41. The summed E-state index contributed by atoms with van der Waals surface area (Å²) in [6, 6.07) is 1.89. The Labute approximate surface area is 112 Å². The predicted octanol–water partition coefficient (Wildman–Crippen LogP) is 2.58. The monoisotopic (exact) mass is 319 g/mol. The van der Waals surface area contributed by atoms with Gasteiger partial charge < -0.3 is 15.3 Å². The van der Waals surface area contributed by atoms with Gasteiger partial charge in [0.05, 0.1) is 11.7 Å². The molecular weight excluding hydrogens is 309 g/mol. The number of rotatable bonds is 2. The SMILES string of the molecule is Cc1cc(Cl)nc(Br)c1NC1CN(C(=O)O)C1. The molecular formula is C10H11BrClN3O2. The van der Waals surface area contributed by atoms with Gasteiger partial charge in [0.15, 0.2) is 0 Å². The standard InChI is InChI=1S/C10H11BrClN3O2/c1-5-2-7(12)14-9(11)8(5)13-6-3-15(4-6)10(16)17/h2,6,13H,3-4H2,1H3,(H,16,17). The lowest BCUT2D eigenvalue weighted by molar-refractivity contribution is 0.111. The third kappa shape index (κ3) is 2.63. The lowest BCUT2D eigenvalue weighted by Gasteiger charge is -2.38. The maximum Gasteiger partial charge on any atom is 0.407 e. The lowest BCUT2D eigenvalue weighted by atomic mass is 10.1. The second kappa shape index (κ2) is 4.70. The molecule has 2 rings (SSSR count). The van der Waals surface area contributed by atoms with Crippen LogP contribution in [0.1, 0.15) is 5.56 Å². The second-order valence-electron chi connectivity index (χ2n) is 3.96. The number of nitrogens with zero attached hydrogens (tertiary/aromatic N) is 2. The van der Waals surface area contributed by atoms with E-state index < -0.39 is 6.09 Å². The fourth-order valence-corrected chi connectivity index (χ4v) is 2.67. The van der Waals surface area contributed by atoms with Gasteiger partial charge in [0.1, 0.15) is 9.76 Å². The number of hydrogen-bond donors (Lipinski definition) is 2. The Hall–Kier alpha value is -1.01. The fraction of sp³-hybridized carbons (Fsp3) is 0.400. The number of halogens is 2. The average Bonchev–Trinajstić information content (AvgIpc) is 2.12. The van der Waals surface area contributed by atoms with Crippen LogP contribution in [0.2, 0.25) is 5.15 Å². The van der Waals surface area contributed by atoms with Crippen molar-refractivity contribution in [3.05, 3.63) is 21.4 Å². The number of carbonyl (C=O) groups is 1. The first-order valence-corrected chi connectivity index (χ1v) is 6.21. The number of pyridine rings is 1. The van der Waals surface area contributed by atoms with Crippen LogP contribution >= 0.6 is 27.5 Å². The van der Waals surface area contributed by atoms with Crippen LogP contribution in [0.25, 0.3) is 0 Å². The first-order chi connectivity index (χ1) is 7.97. The minimum absolute atomic E-state index is 0.129. The van der Waals surface area contributed by atoms with Crippen LogP contribution in [0, 0.1) is 6.92 Å². The molecule has 1 saturated heterocycles. The second-order valence-corrected chi connectivity index (χ2v) is 5.09. The number of carboxylic acid groups (broad SMARTS) is 1. The van der Waals surface area contributed by atoms with Crippen LogP contribution in [0.5, 0.6) is 0 Å². The molecule has 2 heterocycles. The van der Waals surface area contributed by atoms with Gasteiger partial charge in [-0.1, -0.05) is 11.6 Å². The minimum atomic E-state index is -0.881. The van der Waals surface area contributed by atoms with E-state index in [4.69, 9.17) is 16.7 Å². The number of nitrogens with one attached hydrogen (secondary N) is 1. The molecule has 17 heavy (non-hydrogen) atoms. The number of aryl methyl sites for hydroxylation is 1. The van der Waals surface area contributed by atoms with Gasteiger partial charge in [-0.2, -0.15) is 0 Å². The van der Waals surface area contributed by atoms with Gasteiger partial charge in [-0.05, 0) is 34.5 Å². The molecule has 1 aromatic rings. The van der Waals surface area contributed by atoms with Crippen molar-refractivity contribution in [2.24, 2.45) is 0 Å². The highest BCUT2D eigenvalue weighted by atomic mass is 79.9. The Morgan fingerprint density at radius 2 is 2.35 bits per heavy atom. The molecule has 0 atom stereocenters. The molecule has 1 aliphatic heterocycles. The van der Waals surface area contributed by atoms with E-state index in [2.05, 4.69) is 26.2 Å². The van der Waals surface area contributed by atoms with Crippen molar-refractivity contribution in [1.29, 1.82) is 0 Å². The van der Waals surface area contributed by atoms with Crippen molar-refractivity contribution in [1.82, 2.24) is 9.88 Å². The van der Waals surface area contributed by atoms with E-state index in [-0.39, 0.29) is 6.04 Å². The summed E-state index contributed by atoms with van der Waals surface area (Å²) < 4.78 is 0.649. The normalized spacial score (nSPS) is 15.6. The van der Waals surface area contributed by atoms with Gasteiger partial charge in [-0.3, -0.25) is 0 Å². The van der Waals surface area contributed by atoms with Crippen LogP contribution in [0.4, 0.5) is 10.5 Å². The molecule has 2 N–H and O–H groups in total. The first-order valence-electron chi connectivity index (χ1n) is 5.04. The molecule has 0 spiro atoms. The van der Waals surface area contributed by atoms with E-state index in [0.29, 0.717) is 22.8 Å². The summed E-state index contributed by atoms with van der Waals surface area (Å²) in [6.45, 7) is 2.90. The molecule has 1 aliphatic rings. The molecule has 0 aromatic carbocycles. The van der Waals surface area contributed by atoms with Gasteiger partial charge in [0.2, 0.25) is 0 Å². The van der Waals surface area contributed by atoms with E-state index >= 15 is 0 Å². The van der Waals surface area contributed by atoms with E-state index in [1.165, 1.54) is 4.90 Å². The van der Waals surface area contributed by atoms with Crippen molar-refractivity contribution in [3.63, 3.8) is 0 Å². The maximum atomic E-state index is 10.6. The largest absolute Gasteiger partial charge is 0.465 e. The zero-order valence-electron chi connectivity index (χ0n) is 9.07. The summed E-state index contributed by atoms with van der Waals surface area (Å²) in [6.07, 6.45) is -0.881. The quantitative estimate of drug-likeness (QED) is 0.822. The van der Waals surface area contributed by atoms with E-state index in [1.807, 2.05) is 6.92 Å². The van der Waals surface area contributed by atoms with Gasteiger partial charge in [-0.25, -0.2) is 9.78 Å². The summed E-state index contributed by atoms with van der Waals surface area (Å²) in [5, 5.41) is 12.4. The molecule has 1 fully saturated rings. The minimum Gasteiger partial charge on any atom is -0.465 e. The van der Waals surface area contributed by atoms with Crippen LogP contribution in [0.3, 0.4) is 0 Å². The Balaban J connectivity index is 2.04. The number of amides is 1. The molecule has 92 valence electrons. The van der Waals surface area contributed by atoms with Gasteiger partial charge >= 0.3 is 6.09 Å². The number of aromatic nitrogens is 1. The summed E-state index contributed by atoms with van der Waals surface area (Å²) >= 11 is 9.15. The van der Waals surface area contributed by atoms with Crippen LogP contribution in [-0.4, -0.2) is 40.2 Å². The van der Waals surface area contributed by atoms with Gasteiger partial charge in [0.25, 0.3) is 0 Å². The number of anilines is 1. The van der Waals surface area contributed by atoms with E-state index in [0.717, 1.165) is 11.3 Å². The summed E-state index contributed by atoms with van der Waals surface area (Å²) in [7, 11) is 0. The van der Waals surface area contributed by atoms with Crippen molar-refractivity contribution in [2.75, 3.05) is 18.4 Å². The highest BCUT2D eigenvalue weighted by Gasteiger charge is 2.30. The van der Waals surface area contributed by atoms with Crippen molar-refractivity contribution in [3.8, 4) is 0 Å². The molecule has 1 amide bonds.